The van der Waals surface area contributed by atoms with Crippen LogP contribution in [0, 0.1) is 12.8 Å². The summed E-state index contributed by atoms with van der Waals surface area (Å²) in [5, 5.41) is 3.31. The number of carbonyl (C=O) groups is 2. The van der Waals surface area contributed by atoms with Crippen molar-refractivity contribution in [3.63, 3.8) is 0 Å². The SMILES string of the molecule is C/C=C1\[C@@H]2C=C(C)CC1(N)C1=C(C2)NC(OC(=O)Oc2ccc(C(C)=O)cc2C)C=C1. The van der Waals surface area contributed by atoms with E-state index < -0.39 is 17.9 Å². The lowest BCUT2D eigenvalue weighted by Gasteiger charge is -2.47. The maximum absolute atomic E-state index is 12.4. The first kappa shape index (κ1) is 21.1. The zero-order valence-corrected chi connectivity index (χ0v) is 18.3. The number of fused-ring (bicyclic) bond motifs is 3. The Labute approximate surface area is 182 Å². The number of aryl methyl sites for hydroxylation is 1. The van der Waals surface area contributed by atoms with Gasteiger partial charge in [-0.05, 0) is 81.5 Å². The molecule has 0 fully saturated rings. The second-order valence-corrected chi connectivity index (χ2v) is 8.54. The minimum atomic E-state index is -0.812. The Hall–Kier alpha value is -3.12. The zero-order chi connectivity index (χ0) is 22.3. The molecule has 162 valence electrons. The fourth-order valence-corrected chi connectivity index (χ4v) is 4.91. The smallest absolute Gasteiger partial charge is 0.406 e. The van der Waals surface area contributed by atoms with Gasteiger partial charge < -0.3 is 20.5 Å². The molecular weight excluding hydrogens is 392 g/mol. The number of hydrogen-bond acceptors (Lipinski definition) is 6. The Kier molecular flexibility index (Phi) is 5.35. The maximum atomic E-state index is 12.4. The summed E-state index contributed by atoms with van der Waals surface area (Å²) in [4.78, 5) is 23.9. The van der Waals surface area contributed by atoms with Crippen LogP contribution in [-0.2, 0) is 4.74 Å². The lowest BCUT2D eigenvalue weighted by atomic mass is 9.63. The minimum absolute atomic E-state index is 0.0427. The molecule has 0 spiro atoms. The summed E-state index contributed by atoms with van der Waals surface area (Å²) < 4.78 is 10.8. The molecule has 1 heterocycles. The molecular formula is C25H28N2O4. The first-order valence-electron chi connectivity index (χ1n) is 10.5. The third kappa shape index (κ3) is 3.83. The average molecular weight is 421 g/mol. The molecule has 0 saturated carbocycles. The number of nitrogens with two attached hydrogens (primary N) is 1. The van der Waals surface area contributed by atoms with E-state index in [1.807, 2.05) is 13.0 Å². The van der Waals surface area contributed by atoms with Gasteiger partial charge in [0.05, 0.1) is 5.54 Å². The van der Waals surface area contributed by atoms with E-state index in [2.05, 4.69) is 24.4 Å². The summed E-state index contributed by atoms with van der Waals surface area (Å²) in [5.74, 6) is 0.566. The quantitative estimate of drug-likeness (QED) is 0.325. The second-order valence-electron chi connectivity index (χ2n) is 8.54. The molecule has 0 amide bonds. The molecule has 0 aromatic heterocycles. The Bertz CT molecular complexity index is 1080. The van der Waals surface area contributed by atoms with Crippen molar-refractivity contribution in [2.45, 2.75) is 52.3 Å². The number of hydrogen-bond donors (Lipinski definition) is 2. The van der Waals surface area contributed by atoms with Crippen molar-refractivity contribution in [1.29, 1.82) is 0 Å². The van der Waals surface area contributed by atoms with Crippen LogP contribution < -0.4 is 15.8 Å². The average Bonchev–Trinajstić information content (AvgIpc) is 2.68. The monoisotopic (exact) mass is 420 g/mol. The fraction of sp³-hybridized carbons (Fsp3) is 0.360. The molecule has 2 bridgehead atoms. The summed E-state index contributed by atoms with van der Waals surface area (Å²) in [5.41, 5.74) is 12.2. The van der Waals surface area contributed by atoms with E-state index in [1.54, 1.807) is 31.2 Å². The first-order chi connectivity index (χ1) is 14.7. The van der Waals surface area contributed by atoms with Gasteiger partial charge in [0.2, 0.25) is 0 Å². The minimum Gasteiger partial charge on any atom is -0.406 e. The summed E-state index contributed by atoms with van der Waals surface area (Å²) in [6.07, 6.45) is 8.29. The Morgan fingerprint density at radius 2 is 2.06 bits per heavy atom. The van der Waals surface area contributed by atoms with Gasteiger partial charge in [0.15, 0.2) is 12.0 Å². The van der Waals surface area contributed by atoms with E-state index in [0.29, 0.717) is 16.9 Å². The van der Waals surface area contributed by atoms with Crippen molar-refractivity contribution < 1.29 is 19.1 Å². The van der Waals surface area contributed by atoms with Crippen LogP contribution in [0.25, 0.3) is 0 Å². The molecule has 4 rings (SSSR count). The number of ketones is 1. The van der Waals surface area contributed by atoms with Crippen LogP contribution in [0.3, 0.4) is 0 Å². The number of Topliss-reactive ketones (excluding diaryl/α,β-unsaturated/α-hetero) is 1. The molecule has 3 atom stereocenters. The third-order valence-corrected chi connectivity index (χ3v) is 6.25. The van der Waals surface area contributed by atoms with Crippen LogP contribution in [0.15, 0.2) is 64.9 Å². The lowest BCUT2D eigenvalue weighted by Crippen LogP contribution is -2.53. The normalized spacial score (nSPS) is 27.9. The van der Waals surface area contributed by atoms with E-state index in [9.17, 15) is 9.59 Å². The van der Waals surface area contributed by atoms with Gasteiger partial charge >= 0.3 is 6.16 Å². The summed E-state index contributed by atoms with van der Waals surface area (Å²) in [6.45, 7) is 7.44. The number of ether oxygens (including phenoxy) is 2. The molecule has 3 N–H and O–H groups in total. The highest BCUT2D eigenvalue weighted by Gasteiger charge is 2.45. The Balaban J connectivity index is 1.46. The van der Waals surface area contributed by atoms with Gasteiger partial charge in [-0.3, -0.25) is 4.79 Å². The highest BCUT2D eigenvalue weighted by Crippen LogP contribution is 2.48. The number of allylic oxidation sites excluding steroid dienone is 3. The molecule has 6 nitrogen and oxygen atoms in total. The van der Waals surface area contributed by atoms with Crippen LogP contribution in [0.1, 0.15) is 49.5 Å². The first-order valence-corrected chi connectivity index (χ1v) is 10.5. The molecule has 2 aliphatic carbocycles. The summed E-state index contributed by atoms with van der Waals surface area (Å²) in [7, 11) is 0. The summed E-state index contributed by atoms with van der Waals surface area (Å²) in [6, 6.07) is 4.92. The molecule has 1 aliphatic heterocycles. The highest BCUT2D eigenvalue weighted by molar-refractivity contribution is 5.94. The fourth-order valence-electron chi connectivity index (χ4n) is 4.91. The van der Waals surface area contributed by atoms with Gasteiger partial charge in [0.1, 0.15) is 5.75 Å². The van der Waals surface area contributed by atoms with Crippen molar-refractivity contribution in [3.05, 3.63) is 76.0 Å². The molecule has 1 aromatic rings. The molecule has 0 saturated heterocycles. The number of dihydropyridines is 1. The number of carbonyl (C=O) groups excluding carboxylic acids is 2. The van der Waals surface area contributed by atoms with E-state index >= 15 is 0 Å². The van der Waals surface area contributed by atoms with Gasteiger partial charge in [-0.25, -0.2) is 4.79 Å². The van der Waals surface area contributed by atoms with Gasteiger partial charge in [0, 0.05) is 17.2 Å². The van der Waals surface area contributed by atoms with Crippen LogP contribution in [0.2, 0.25) is 0 Å². The molecule has 2 unspecified atom stereocenters. The van der Waals surface area contributed by atoms with Crippen LogP contribution in [0.4, 0.5) is 4.79 Å². The Morgan fingerprint density at radius 3 is 2.74 bits per heavy atom. The molecule has 6 heteroatoms. The maximum Gasteiger partial charge on any atom is 0.516 e. The van der Waals surface area contributed by atoms with Crippen LogP contribution in [-0.4, -0.2) is 23.7 Å². The largest absolute Gasteiger partial charge is 0.516 e. The lowest BCUT2D eigenvalue weighted by molar-refractivity contribution is 0.0655. The third-order valence-electron chi connectivity index (χ3n) is 6.25. The standard InChI is InChI=1S/C25H28N2O4/c1-5-19-18-10-14(2)13-25(19,26)20-7-9-23(27-21(20)12-18)31-24(29)30-22-8-6-17(16(4)28)11-15(22)3/h5-11,18,23,27H,12-13,26H2,1-4H3/b19-5+/t18-,23?,25?/m1/s1. The van der Waals surface area contributed by atoms with Gasteiger partial charge in [-0.1, -0.05) is 23.8 Å². The van der Waals surface area contributed by atoms with Crippen molar-refractivity contribution in [2.24, 2.45) is 11.7 Å². The summed E-state index contributed by atoms with van der Waals surface area (Å²) >= 11 is 0. The van der Waals surface area contributed by atoms with Crippen molar-refractivity contribution in [1.82, 2.24) is 5.32 Å². The zero-order valence-electron chi connectivity index (χ0n) is 18.3. The van der Waals surface area contributed by atoms with E-state index in [4.69, 9.17) is 15.2 Å². The number of nitrogens with one attached hydrogen (secondary N) is 1. The molecule has 0 radical (unpaired) electrons. The van der Waals surface area contributed by atoms with E-state index in [-0.39, 0.29) is 11.7 Å². The molecule has 31 heavy (non-hydrogen) atoms. The topological polar surface area (TPSA) is 90.7 Å². The molecule has 1 aromatic carbocycles. The van der Waals surface area contributed by atoms with Gasteiger partial charge in [-0.15, -0.1) is 0 Å². The Morgan fingerprint density at radius 1 is 1.29 bits per heavy atom. The van der Waals surface area contributed by atoms with Crippen molar-refractivity contribution in [3.8, 4) is 5.75 Å². The number of benzene rings is 1. The van der Waals surface area contributed by atoms with E-state index in [1.165, 1.54) is 18.1 Å². The van der Waals surface area contributed by atoms with Crippen LogP contribution >= 0.6 is 0 Å². The van der Waals surface area contributed by atoms with Gasteiger partial charge in [0.25, 0.3) is 0 Å². The second kappa shape index (κ2) is 7.85. The van der Waals surface area contributed by atoms with Crippen LogP contribution in [0.5, 0.6) is 5.75 Å². The highest BCUT2D eigenvalue weighted by atomic mass is 16.7. The van der Waals surface area contributed by atoms with E-state index in [0.717, 1.165) is 24.1 Å². The number of rotatable bonds is 3. The molecule has 3 aliphatic rings. The van der Waals surface area contributed by atoms with Crippen molar-refractivity contribution >= 4 is 11.9 Å². The van der Waals surface area contributed by atoms with Gasteiger partial charge in [-0.2, -0.15) is 0 Å². The van der Waals surface area contributed by atoms with Crippen molar-refractivity contribution in [2.75, 3.05) is 0 Å². The predicted molar refractivity (Wildman–Crippen MR) is 119 cm³/mol. The predicted octanol–water partition coefficient (Wildman–Crippen LogP) is 4.47.